The van der Waals surface area contributed by atoms with Crippen LogP contribution in [0.3, 0.4) is 0 Å². The first-order chi connectivity index (χ1) is 16.7. The van der Waals surface area contributed by atoms with E-state index in [1.54, 1.807) is 30.5 Å². The van der Waals surface area contributed by atoms with Gasteiger partial charge in [-0.1, -0.05) is 6.08 Å². The Bertz CT molecular complexity index is 1180. The minimum atomic E-state index is -1.02. The third-order valence-electron chi connectivity index (χ3n) is 4.69. The molecule has 3 rings (SSSR count). The Morgan fingerprint density at radius 2 is 1.20 bits per heavy atom. The molecular formula is C24H25N7O4. The molecule has 11 nitrogen and oxygen atoms in total. The molecule has 35 heavy (non-hydrogen) atoms. The van der Waals surface area contributed by atoms with Crippen molar-refractivity contribution in [3.8, 4) is 0 Å². The molecule has 1 aromatic heterocycles. The van der Waals surface area contributed by atoms with Crippen molar-refractivity contribution >= 4 is 41.2 Å². The molecule has 3 aromatic rings. The van der Waals surface area contributed by atoms with Gasteiger partial charge in [0.2, 0.25) is 17.8 Å². The fourth-order valence-corrected chi connectivity index (χ4v) is 2.91. The highest BCUT2D eigenvalue weighted by atomic mass is 16.4. The summed E-state index contributed by atoms with van der Waals surface area (Å²) in [7, 11) is 3.86. The highest BCUT2D eigenvalue weighted by Crippen LogP contribution is 2.20. The lowest BCUT2D eigenvalue weighted by Crippen LogP contribution is -2.10. The van der Waals surface area contributed by atoms with Gasteiger partial charge in [-0.2, -0.15) is 15.0 Å². The molecule has 0 aliphatic carbocycles. The maximum absolute atomic E-state index is 11.1. The number of benzene rings is 2. The van der Waals surface area contributed by atoms with Crippen LogP contribution in [0.2, 0.25) is 0 Å². The Hall–Kier alpha value is -4.93. The maximum atomic E-state index is 11.1. The Morgan fingerprint density at radius 3 is 1.57 bits per heavy atom. The quantitative estimate of drug-likeness (QED) is 0.269. The standard InChI is InChI=1S/C24H25N7O4/c1-4-19(31(2)3)13-14-25-22-28-23(26-17-9-5-15(6-10-17)20(32)33)30-24(29-22)27-18-11-7-16(8-12-18)21(34)35/h4-14H,1-3H3,(H,32,33)(H,34,35)(H3,25,26,27,28,29,30)/b14-13-,19-4+. The van der Waals surface area contributed by atoms with Gasteiger partial charge < -0.3 is 31.1 Å². The maximum Gasteiger partial charge on any atom is 0.335 e. The number of aromatic nitrogens is 3. The van der Waals surface area contributed by atoms with Gasteiger partial charge in [0, 0.05) is 37.4 Å². The molecule has 0 radical (unpaired) electrons. The molecule has 0 aliphatic heterocycles. The van der Waals surface area contributed by atoms with Crippen LogP contribution in [0, 0.1) is 0 Å². The van der Waals surface area contributed by atoms with Crippen molar-refractivity contribution in [2.24, 2.45) is 0 Å². The van der Waals surface area contributed by atoms with Crippen molar-refractivity contribution in [1.82, 2.24) is 19.9 Å². The van der Waals surface area contributed by atoms with E-state index in [4.69, 9.17) is 10.2 Å². The average molecular weight is 476 g/mol. The normalized spacial score (nSPS) is 11.2. The summed E-state index contributed by atoms with van der Waals surface area (Å²) in [5, 5.41) is 27.3. The van der Waals surface area contributed by atoms with Crippen LogP contribution in [-0.2, 0) is 0 Å². The number of likely N-dealkylation sites (N-methyl/N-ethyl adjacent to an activating group) is 1. The zero-order valence-corrected chi connectivity index (χ0v) is 19.4. The summed E-state index contributed by atoms with van der Waals surface area (Å²) >= 11 is 0. The fourth-order valence-electron chi connectivity index (χ4n) is 2.91. The number of nitrogens with one attached hydrogen (secondary N) is 3. The monoisotopic (exact) mass is 475 g/mol. The average Bonchev–Trinajstić information content (AvgIpc) is 2.82. The number of carbonyl (C=O) groups is 2. The molecule has 0 bridgehead atoms. The van der Waals surface area contributed by atoms with Crippen LogP contribution in [0.15, 0.2) is 72.6 Å². The highest BCUT2D eigenvalue weighted by Gasteiger charge is 2.09. The topological polar surface area (TPSA) is 153 Å². The van der Waals surface area contributed by atoms with Crippen LogP contribution in [0.25, 0.3) is 0 Å². The molecule has 0 aliphatic rings. The molecule has 11 heteroatoms. The van der Waals surface area contributed by atoms with E-state index in [9.17, 15) is 9.59 Å². The predicted molar refractivity (Wildman–Crippen MR) is 133 cm³/mol. The van der Waals surface area contributed by atoms with Crippen LogP contribution >= 0.6 is 0 Å². The Labute approximate surface area is 201 Å². The zero-order valence-electron chi connectivity index (χ0n) is 19.4. The van der Waals surface area contributed by atoms with Crippen molar-refractivity contribution in [3.05, 3.63) is 83.7 Å². The smallest absolute Gasteiger partial charge is 0.335 e. The van der Waals surface area contributed by atoms with Crippen LogP contribution in [0.4, 0.5) is 29.2 Å². The van der Waals surface area contributed by atoms with Gasteiger partial charge in [-0.25, -0.2) is 9.59 Å². The molecule has 0 saturated carbocycles. The van der Waals surface area contributed by atoms with E-state index in [1.807, 2.05) is 38.1 Å². The molecule has 5 N–H and O–H groups in total. The van der Waals surface area contributed by atoms with E-state index in [-0.39, 0.29) is 29.0 Å². The number of anilines is 5. The number of hydrogen-bond acceptors (Lipinski definition) is 9. The number of aromatic carboxylic acids is 2. The summed E-state index contributed by atoms with van der Waals surface area (Å²) in [5.74, 6) is -1.37. The summed E-state index contributed by atoms with van der Waals surface area (Å²) in [6.07, 6.45) is 5.51. The molecule has 1 heterocycles. The summed E-state index contributed by atoms with van der Waals surface area (Å²) in [4.78, 5) is 37.2. The van der Waals surface area contributed by atoms with Gasteiger partial charge in [-0.05, 0) is 61.5 Å². The van der Waals surface area contributed by atoms with Crippen molar-refractivity contribution < 1.29 is 19.8 Å². The van der Waals surface area contributed by atoms with E-state index in [0.717, 1.165) is 5.70 Å². The largest absolute Gasteiger partial charge is 0.478 e. The number of rotatable bonds is 10. The third kappa shape index (κ3) is 7.02. The second-order valence-corrected chi connectivity index (χ2v) is 7.41. The molecule has 2 aromatic carbocycles. The number of carboxylic acid groups (broad SMARTS) is 2. The molecule has 0 atom stereocenters. The minimum Gasteiger partial charge on any atom is -0.478 e. The number of hydrogen-bond donors (Lipinski definition) is 5. The molecule has 0 fully saturated rings. The lowest BCUT2D eigenvalue weighted by Gasteiger charge is -2.13. The zero-order chi connectivity index (χ0) is 25.4. The van der Waals surface area contributed by atoms with E-state index in [1.165, 1.54) is 24.3 Å². The van der Waals surface area contributed by atoms with Crippen molar-refractivity contribution in [2.75, 3.05) is 30.0 Å². The lowest BCUT2D eigenvalue weighted by atomic mass is 10.2. The van der Waals surface area contributed by atoms with Gasteiger partial charge in [0.15, 0.2) is 0 Å². The number of carboxylic acids is 2. The second-order valence-electron chi connectivity index (χ2n) is 7.41. The van der Waals surface area contributed by atoms with Gasteiger partial charge >= 0.3 is 11.9 Å². The third-order valence-corrected chi connectivity index (χ3v) is 4.69. The molecule has 0 amide bonds. The molecular weight excluding hydrogens is 450 g/mol. The van der Waals surface area contributed by atoms with Crippen LogP contribution in [-0.4, -0.2) is 56.1 Å². The highest BCUT2D eigenvalue weighted by molar-refractivity contribution is 5.88. The molecule has 0 saturated heterocycles. The Morgan fingerprint density at radius 1 is 0.771 bits per heavy atom. The van der Waals surface area contributed by atoms with E-state index < -0.39 is 11.9 Å². The predicted octanol–water partition coefficient (Wildman–Crippen LogP) is 4.15. The second kappa shape index (κ2) is 11.3. The Kier molecular flexibility index (Phi) is 7.96. The number of allylic oxidation sites excluding steroid dienone is 2. The van der Waals surface area contributed by atoms with Gasteiger partial charge in [0.25, 0.3) is 0 Å². The molecule has 0 spiro atoms. The number of nitrogens with zero attached hydrogens (tertiary/aromatic N) is 4. The van der Waals surface area contributed by atoms with E-state index in [0.29, 0.717) is 11.4 Å². The first-order valence-electron chi connectivity index (χ1n) is 10.5. The van der Waals surface area contributed by atoms with Crippen LogP contribution < -0.4 is 16.0 Å². The lowest BCUT2D eigenvalue weighted by molar-refractivity contribution is 0.0686. The van der Waals surface area contributed by atoms with Crippen molar-refractivity contribution in [3.63, 3.8) is 0 Å². The summed E-state index contributed by atoms with van der Waals surface area (Å²) < 4.78 is 0. The van der Waals surface area contributed by atoms with E-state index in [2.05, 4.69) is 30.9 Å². The SMILES string of the molecule is C/C=C(\C=C/Nc1nc(Nc2ccc(C(=O)O)cc2)nc(Nc2ccc(C(=O)O)cc2)n1)N(C)C. The van der Waals surface area contributed by atoms with Crippen LogP contribution in [0.5, 0.6) is 0 Å². The minimum absolute atomic E-state index is 0.159. The van der Waals surface area contributed by atoms with Gasteiger partial charge in [-0.15, -0.1) is 0 Å². The van der Waals surface area contributed by atoms with Crippen LogP contribution in [0.1, 0.15) is 27.6 Å². The summed E-state index contributed by atoms with van der Waals surface area (Å²) in [6.45, 7) is 1.93. The fraction of sp³-hybridized carbons (Fsp3) is 0.125. The summed E-state index contributed by atoms with van der Waals surface area (Å²) in [5.41, 5.74) is 2.46. The van der Waals surface area contributed by atoms with Crippen molar-refractivity contribution in [1.29, 1.82) is 0 Å². The first-order valence-corrected chi connectivity index (χ1v) is 10.5. The molecule has 0 unspecified atom stereocenters. The van der Waals surface area contributed by atoms with Gasteiger partial charge in [0.05, 0.1) is 11.1 Å². The summed E-state index contributed by atoms with van der Waals surface area (Å²) in [6, 6.07) is 12.3. The van der Waals surface area contributed by atoms with Gasteiger partial charge in [0.1, 0.15) is 0 Å². The van der Waals surface area contributed by atoms with Crippen molar-refractivity contribution in [2.45, 2.75) is 6.92 Å². The first kappa shape index (κ1) is 24.7. The van der Waals surface area contributed by atoms with Gasteiger partial charge in [-0.3, -0.25) is 0 Å². The Balaban J connectivity index is 1.87. The van der Waals surface area contributed by atoms with E-state index >= 15 is 0 Å². The molecule has 180 valence electrons.